The van der Waals surface area contributed by atoms with Gasteiger partial charge in [0.15, 0.2) is 0 Å². The first-order valence-electron chi connectivity index (χ1n) is 4.82. The largest absolute Gasteiger partial charge is 0.342 e. The Balaban J connectivity index is 2.42. The number of aromatic amines is 1. The Bertz CT molecular complexity index is 533. The van der Waals surface area contributed by atoms with Crippen LogP contribution in [0, 0.1) is 6.92 Å². The molecule has 1 aromatic carbocycles. The quantitative estimate of drug-likeness (QED) is 0.378. The van der Waals surface area contributed by atoms with E-state index in [9.17, 15) is 4.79 Å². The Hall–Kier alpha value is -2.08. The Morgan fingerprint density at radius 2 is 2.31 bits per heavy atom. The summed E-state index contributed by atoms with van der Waals surface area (Å²) >= 11 is 0. The highest BCUT2D eigenvalue weighted by atomic mass is 16.2. The third kappa shape index (κ3) is 1.70. The molecule has 0 saturated heterocycles. The van der Waals surface area contributed by atoms with Crippen LogP contribution < -0.4 is 16.2 Å². The van der Waals surface area contributed by atoms with Gasteiger partial charge in [0.25, 0.3) is 0 Å². The van der Waals surface area contributed by atoms with Crippen LogP contribution in [0.3, 0.4) is 0 Å². The van der Waals surface area contributed by atoms with E-state index in [1.54, 1.807) is 7.05 Å². The maximum Gasteiger partial charge on any atom is 0.335 e. The zero-order valence-corrected chi connectivity index (χ0v) is 9.11. The van der Waals surface area contributed by atoms with Crippen LogP contribution in [0.2, 0.25) is 0 Å². The summed E-state index contributed by atoms with van der Waals surface area (Å²) in [6.07, 6.45) is 0. The van der Waals surface area contributed by atoms with Gasteiger partial charge in [-0.2, -0.15) is 0 Å². The first-order valence-corrected chi connectivity index (χ1v) is 4.82. The molecule has 0 bridgehead atoms. The van der Waals surface area contributed by atoms with E-state index < -0.39 is 0 Å². The maximum absolute atomic E-state index is 11.3. The lowest BCUT2D eigenvalue weighted by molar-refractivity contribution is 0.248. The highest BCUT2D eigenvalue weighted by Crippen LogP contribution is 2.19. The number of hydrogen-bond donors (Lipinski definition) is 3. The number of nitrogens with one attached hydrogen (secondary N) is 2. The smallest absolute Gasteiger partial charge is 0.335 e. The monoisotopic (exact) mass is 219 g/mol. The number of rotatable bonds is 1. The van der Waals surface area contributed by atoms with Crippen molar-refractivity contribution in [1.29, 1.82) is 0 Å². The fourth-order valence-electron chi connectivity index (χ4n) is 1.55. The Morgan fingerprint density at radius 1 is 1.56 bits per heavy atom. The van der Waals surface area contributed by atoms with Crippen molar-refractivity contribution in [1.82, 2.24) is 15.4 Å². The van der Waals surface area contributed by atoms with Gasteiger partial charge in [-0.15, -0.1) is 0 Å². The number of hydrogen-bond acceptors (Lipinski definition) is 3. The summed E-state index contributed by atoms with van der Waals surface area (Å²) in [6, 6.07) is 5.16. The molecule has 6 nitrogen and oxygen atoms in total. The molecule has 0 aliphatic carbocycles. The molecule has 0 radical (unpaired) electrons. The van der Waals surface area contributed by atoms with Crippen molar-refractivity contribution in [3.05, 3.63) is 24.0 Å². The second-order valence-electron chi connectivity index (χ2n) is 3.53. The highest BCUT2D eigenvalue weighted by molar-refractivity contribution is 5.93. The molecule has 0 atom stereocenters. The normalized spacial score (nSPS) is 10.4. The summed E-state index contributed by atoms with van der Waals surface area (Å²) in [4.78, 5) is 20.1. The van der Waals surface area contributed by atoms with Gasteiger partial charge in [-0.3, -0.25) is 10.3 Å². The van der Waals surface area contributed by atoms with Crippen molar-refractivity contribution in [3.63, 3.8) is 0 Å². The van der Waals surface area contributed by atoms with E-state index in [2.05, 4.69) is 15.4 Å². The van der Waals surface area contributed by atoms with Gasteiger partial charge in [-0.25, -0.2) is 15.6 Å². The molecule has 0 fully saturated rings. The van der Waals surface area contributed by atoms with Crippen molar-refractivity contribution < 1.29 is 4.79 Å². The van der Waals surface area contributed by atoms with Crippen molar-refractivity contribution in [3.8, 4) is 0 Å². The number of carbonyl (C=O) groups is 1. The average Bonchev–Trinajstić information content (AvgIpc) is 2.65. The number of imidazole rings is 1. The fraction of sp³-hybridized carbons (Fsp3) is 0.200. The summed E-state index contributed by atoms with van der Waals surface area (Å²) in [5.41, 5.74) is 4.60. The molecule has 4 N–H and O–H groups in total. The lowest BCUT2D eigenvalue weighted by Gasteiger charge is -2.15. The van der Waals surface area contributed by atoms with E-state index in [-0.39, 0.29) is 6.03 Å². The van der Waals surface area contributed by atoms with Crippen LogP contribution in [0.25, 0.3) is 11.0 Å². The summed E-state index contributed by atoms with van der Waals surface area (Å²) in [7, 11) is 1.65. The highest BCUT2D eigenvalue weighted by Gasteiger charge is 2.10. The zero-order valence-electron chi connectivity index (χ0n) is 9.11. The summed E-state index contributed by atoms with van der Waals surface area (Å²) < 4.78 is 0. The maximum atomic E-state index is 11.3. The van der Waals surface area contributed by atoms with Gasteiger partial charge in [0.05, 0.1) is 11.0 Å². The first-order chi connectivity index (χ1) is 7.61. The van der Waals surface area contributed by atoms with E-state index in [0.717, 1.165) is 22.5 Å². The van der Waals surface area contributed by atoms with Gasteiger partial charge in [-0.05, 0) is 25.1 Å². The van der Waals surface area contributed by atoms with E-state index in [4.69, 9.17) is 5.84 Å². The number of benzene rings is 1. The number of anilines is 1. The number of hydrazine groups is 1. The number of amides is 2. The van der Waals surface area contributed by atoms with Crippen LogP contribution in [-0.4, -0.2) is 23.0 Å². The average molecular weight is 219 g/mol. The minimum absolute atomic E-state index is 0.365. The lowest BCUT2D eigenvalue weighted by Crippen LogP contribution is -2.41. The summed E-state index contributed by atoms with van der Waals surface area (Å²) in [6.45, 7) is 1.88. The van der Waals surface area contributed by atoms with Gasteiger partial charge in [0.1, 0.15) is 5.82 Å². The van der Waals surface area contributed by atoms with Gasteiger partial charge >= 0.3 is 6.03 Å². The second-order valence-corrected chi connectivity index (χ2v) is 3.53. The summed E-state index contributed by atoms with van der Waals surface area (Å²) in [5.74, 6) is 5.91. The van der Waals surface area contributed by atoms with Crippen LogP contribution in [0.5, 0.6) is 0 Å². The number of nitrogens with zero attached hydrogens (tertiary/aromatic N) is 2. The molecule has 0 spiro atoms. The molecule has 2 aromatic rings. The van der Waals surface area contributed by atoms with E-state index in [0.29, 0.717) is 0 Å². The lowest BCUT2D eigenvalue weighted by atomic mass is 10.2. The Kier molecular flexibility index (Phi) is 2.49. The van der Waals surface area contributed by atoms with E-state index in [1.807, 2.05) is 25.1 Å². The number of aromatic nitrogens is 2. The van der Waals surface area contributed by atoms with E-state index in [1.165, 1.54) is 4.90 Å². The van der Waals surface area contributed by atoms with Gasteiger partial charge in [0.2, 0.25) is 0 Å². The van der Waals surface area contributed by atoms with Crippen molar-refractivity contribution in [2.24, 2.45) is 5.84 Å². The minimum Gasteiger partial charge on any atom is -0.342 e. The number of urea groups is 1. The third-order valence-corrected chi connectivity index (χ3v) is 2.40. The Morgan fingerprint density at radius 3 is 3.00 bits per heavy atom. The number of carbonyl (C=O) groups excluding carboxylic acids is 1. The van der Waals surface area contributed by atoms with Gasteiger partial charge in [0, 0.05) is 12.7 Å². The number of H-pyrrole nitrogens is 1. The minimum atomic E-state index is -0.365. The van der Waals surface area contributed by atoms with Gasteiger partial charge < -0.3 is 4.98 Å². The molecular formula is C10H13N5O. The molecule has 0 aliphatic rings. The standard InChI is InChI=1S/C10H13N5O/c1-6-12-8-4-3-7(5-9(8)13-6)15(2)10(16)14-11/h3-5H,11H2,1-2H3,(H,12,13)(H,14,16). The predicted molar refractivity (Wildman–Crippen MR) is 62.0 cm³/mol. The van der Waals surface area contributed by atoms with Crippen molar-refractivity contribution in [2.45, 2.75) is 6.92 Å². The first kappa shape index (κ1) is 10.4. The van der Waals surface area contributed by atoms with Crippen LogP contribution >= 0.6 is 0 Å². The van der Waals surface area contributed by atoms with Crippen LogP contribution in [0.1, 0.15) is 5.82 Å². The number of nitrogens with two attached hydrogens (primary N) is 1. The SMILES string of the molecule is Cc1nc2ccc(N(C)C(=O)NN)cc2[nH]1. The molecule has 6 heteroatoms. The van der Waals surface area contributed by atoms with Crippen LogP contribution in [0.15, 0.2) is 18.2 Å². The van der Waals surface area contributed by atoms with Crippen LogP contribution in [-0.2, 0) is 0 Å². The fourth-order valence-corrected chi connectivity index (χ4v) is 1.55. The molecule has 0 unspecified atom stereocenters. The van der Waals surface area contributed by atoms with E-state index >= 15 is 0 Å². The number of fused-ring (bicyclic) bond motifs is 1. The zero-order chi connectivity index (χ0) is 11.7. The molecular weight excluding hydrogens is 206 g/mol. The van der Waals surface area contributed by atoms with Gasteiger partial charge in [-0.1, -0.05) is 0 Å². The molecule has 1 aromatic heterocycles. The second kappa shape index (κ2) is 3.82. The molecule has 0 aliphatic heterocycles. The number of aryl methyl sites for hydroxylation is 1. The molecule has 0 saturated carbocycles. The van der Waals surface area contributed by atoms with Crippen LogP contribution in [0.4, 0.5) is 10.5 Å². The summed E-state index contributed by atoms with van der Waals surface area (Å²) in [5, 5.41) is 0. The Labute approximate surface area is 92.4 Å². The molecule has 84 valence electrons. The predicted octanol–water partition coefficient (Wildman–Crippen LogP) is 0.891. The molecule has 1 heterocycles. The topological polar surface area (TPSA) is 87.0 Å². The van der Waals surface area contributed by atoms with Crippen molar-refractivity contribution >= 4 is 22.8 Å². The molecule has 16 heavy (non-hydrogen) atoms. The van der Waals surface area contributed by atoms with Crippen molar-refractivity contribution in [2.75, 3.05) is 11.9 Å². The third-order valence-electron chi connectivity index (χ3n) is 2.40. The molecule has 2 rings (SSSR count). The molecule has 2 amide bonds.